The smallest absolute Gasteiger partial charge is 0.258 e. The predicted molar refractivity (Wildman–Crippen MR) is 113 cm³/mol. The molecular formula is C21H20ClFN4O3. The molecule has 0 spiro atoms. The van der Waals surface area contributed by atoms with Gasteiger partial charge in [0.1, 0.15) is 17.3 Å². The van der Waals surface area contributed by atoms with Crippen molar-refractivity contribution in [2.24, 2.45) is 0 Å². The first-order valence-electron chi connectivity index (χ1n) is 9.04. The first-order valence-corrected chi connectivity index (χ1v) is 9.42. The summed E-state index contributed by atoms with van der Waals surface area (Å²) in [7, 11) is 3.32. The van der Waals surface area contributed by atoms with Gasteiger partial charge in [0.05, 0.1) is 29.6 Å². The Morgan fingerprint density at radius 3 is 2.87 bits per heavy atom. The minimum Gasteiger partial charge on any atom is -0.494 e. The van der Waals surface area contributed by atoms with Crippen LogP contribution in [0.1, 0.15) is 20.8 Å². The molecule has 0 bridgehead atoms. The van der Waals surface area contributed by atoms with Crippen molar-refractivity contribution in [1.29, 1.82) is 0 Å². The largest absolute Gasteiger partial charge is 0.494 e. The zero-order chi connectivity index (χ0) is 21.7. The van der Waals surface area contributed by atoms with Crippen LogP contribution in [0.25, 0.3) is 0 Å². The van der Waals surface area contributed by atoms with Gasteiger partial charge >= 0.3 is 0 Å². The number of rotatable bonds is 8. The average molecular weight is 431 g/mol. The molecule has 30 heavy (non-hydrogen) atoms. The molecular weight excluding hydrogens is 411 g/mol. The maximum Gasteiger partial charge on any atom is 0.258 e. The van der Waals surface area contributed by atoms with E-state index in [0.717, 1.165) is 5.69 Å². The minimum atomic E-state index is -0.483. The Balaban J connectivity index is 1.72. The van der Waals surface area contributed by atoms with Crippen LogP contribution in [0.4, 0.5) is 15.8 Å². The first kappa shape index (κ1) is 21.3. The Bertz CT molecular complexity index is 1070. The number of ether oxygens (including phenoxy) is 1. The van der Waals surface area contributed by atoms with Crippen molar-refractivity contribution in [2.45, 2.75) is 6.54 Å². The van der Waals surface area contributed by atoms with Crippen molar-refractivity contribution in [3.63, 3.8) is 0 Å². The van der Waals surface area contributed by atoms with Gasteiger partial charge in [-0.3, -0.25) is 14.6 Å². The van der Waals surface area contributed by atoms with Gasteiger partial charge in [0.15, 0.2) is 6.29 Å². The van der Waals surface area contributed by atoms with E-state index in [0.29, 0.717) is 30.8 Å². The molecule has 1 amide bonds. The van der Waals surface area contributed by atoms with Crippen LogP contribution in [0.2, 0.25) is 5.02 Å². The third-order valence-electron chi connectivity index (χ3n) is 4.63. The van der Waals surface area contributed by atoms with Crippen molar-refractivity contribution in [3.8, 4) is 5.75 Å². The van der Waals surface area contributed by atoms with E-state index in [4.69, 9.17) is 16.3 Å². The summed E-state index contributed by atoms with van der Waals surface area (Å²) >= 11 is 5.84. The van der Waals surface area contributed by atoms with Crippen molar-refractivity contribution >= 4 is 35.2 Å². The van der Waals surface area contributed by atoms with Gasteiger partial charge in [0, 0.05) is 44.3 Å². The van der Waals surface area contributed by atoms with E-state index in [1.165, 1.54) is 25.4 Å². The highest BCUT2D eigenvalue weighted by atomic mass is 35.5. The lowest BCUT2D eigenvalue weighted by atomic mass is 10.2. The Hall–Kier alpha value is -3.39. The number of hydrogen-bond donors (Lipinski definition) is 1. The average Bonchev–Trinajstić information content (AvgIpc) is 3.17. The number of nitrogens with one attached hydrogen (secondary N) is 1. The lowest BCUT2D eigenvalue weighted by Gasteiger charge is -2.20. The number of benzene rings is 1. The summed E-state index contributed by atoms with van der Waals surface area (Å²) in [6.07, 6.45) is 5.33. The lowest BCUT2D eigenvalue weighted by molar-refractivity contribution is 0.101. The highest BCUT2D eigenvalue weighted by Gasteiger charge is 2.17. The fraction of sp³-hybridized carbons (Fsp3) is 0.190. The van der Waals surface area contributed by atoms with Crippen LogP contribution in [0, 0.1) is 5.82 Å². The molecule has 0 aliphatic carbocycles. The van der Waals surface area contributed by atoms with Gasteiger partial charge in [-0.15, -0.1) is 0 Å². The van der Waals surface area contributed by atoms with Crippen molar-refractivity contribution in [2.75, 3.05) is 30.9 Å². The molecule has 0 unspecified atom stereocenters. The van der Waals surface area contributed by atoms with Gasteiger partial charge in [0.2, 0.25) is 0 Å². The van der Waals surface area contributed by atoms with E-state index in [1.54, 1.807) is 35.2 Å². The molecule has 0 aliphatic rings. The molecule has 7 nitrogen and oxygen atoms in total. The van der Waals surface area contributed by atoms with Crippen LogP contribution in [0.3, 0.4) is 0 Å². The molecule has 0 atom stereocenters. The second-order valence-corrected chi connectivity index (χ2v) is 6.88. The number of methoxy groups -OCH3 is 1. The van der Waals surface area contributed by atoms with Crippen LogP contribution in [0.15, 0.2) is 48.9 Å². The second-order valence-electron chi connectivity index (χ2n) is 6.48. The van der Waals surface area contributed by atoms with Crippen LogP contribution in [0.5, 0.6) is 5.75 Å². The summed E-state index contributed by atoms with van der Waals surface area (Å²) in [4.78, 5) is 30.2. The van der Waals surface area contributed by atoms with E-state index in [2.05, 4.69) is 10.3 Å². The van der Waals surface area contributed by atoms with E-state index < -0.39 is 11.7 Å². The highest BCUT2D eigenvalue weighted by molar-refractivity contribution is 6.31. The molecule has 3 rings (SSSR count). The monoisotopic (exact) mass is 430 g/mol. The van der Waals surface area contributed by atoms with Crippen LogP contribution in [-0.4, -0.2) is 42.4 Å². The summed E-state index contributed by atoms with van der Waals surface area (Å²) in [6, 6.07) is 7.66. The van der Waals surface area contributed by atoms with E-state index in [1.807, 2.05) is 11.9 Å². The maximum absolute atomic E-state index is 13.4. The van der Waals surface area contributed by atoms with Gasteiger partial charge in [-0.25, -0.2) is 4.39 Å². The number of pyridine rings is 1. The summed E-state index contributed by atoms with van der Waals surface area (Å²) in [5.41, 5.74) is 1.63. The molecule has 3 aromatic rings. The quantitative estimate of drug-likeness (QED) is 0.549. The van der Waals surface area contributed by atoms with E-state index in [-0.39, 0.29) is 16.3 Å². The summed E-state index contributed by atoms with van der Waals surface area (Å²) in [5, 5.41) is 2.75. The number of anilines is 2. The number of aldehydes is 1. The number of carbonyl (C=O) groups is 2. The fourth-order valence-electron chi connectivity index (χ4n) is 2.96. The Morgan fingerprint density at radius 1 is 1.37 bits per heavy atom. The molecule has 0 radical (unpaired) electrons. The molecule has 0 aliphatic heterocycles. The summed E-state index contributed by atoms with van der Waals surface area (Å²) in [5.74, 6) is -0.464. The molecule has 0 saturated carbocycles. The summed E-state index contributed by atoms with van der Waals surface area (Å²) in [6.45, 7) is 0.942. The van der Waals surface area contributed by atoms with Crippen molar-refractivity contribution < 1.29 is 18.7 Å². The molecule has 2 heterocycles. The van der Waals surface area contributed by atoms with Crippen LogP contribution in [-0.2, 0) is 6.54 Å². The lowest BCUT2D eigenvalue weighted by Crippen LogP contribution is -2.23. The highest BCUT2D eigenvalue weighted by Crippen LogP contribution is 2.24. The number of aromatic nitrogens is 2. The normalized spacial score (nSPS) is 10.5. The topological polar surface area (TPSA) is 76.5 Å². The van der Waals surface area contributed by atoms with Gasteiger partial charge < -0.3 is 19.5 Å². The van der Waals surface area contributed by atoms with Crippen molar-refractivity contribution in [3.05, 3.63) is 71.0 Å². The number of nitrogens with zero attached hydrogens (tertiary/aromatic N) is 3. The zero-order valence-corrected chi connectivity index (χ0v) is 17.2. The number of halogens is 2. The Morgan fingerprint density at radius 2 is 2.17 bits per heavy atom. The van der Waals surface area contributed by atoms with Gasteiger partial charge in [0.25, 0.3) is 5.91 Å². The van der Waals surface area contributed by atoms with Crippen molar-refractivity contribution in [1.82, 2.24) is 9.55 Å². The third-order valence-corrected chi connectivity index (χ3v) is 4.92. The number of carbonyl (C=O) groups excluding carboxylic acids is 2. The molecule has 9 heteroatoms. The number of hydrogen-bond acceptors (Lipinski definition) is 5. The number of amides is 1. The predicted octanol–water partition coefficient (Wildman–Crippen LogP) is 3.89. The van der Waals surface area contributed by atoms with Crippen LogP contribution >= 0.6 is 11.6 Å². The molecule has 0 fully saturated rings. The Kier molecular flexibility index (Phi) is 6.68. The molecule has 2 aromatic heterocycles. The second kappa shape index (κ2) is 9.41. The molecule has 1 N–H and O–H groups in total. The Labute approximate surface area is 178 Å². The van der Waals surface area contributed by atoms with E-state index >= 15 is 0 Å². The van der Waals surface area contributed by atoms with Gasteiger partial charge in [-0.1, -0.05) is 11.6 Å². The fourth-order valence-corrected chi connectivity index (χ4v) is 3.13. The van der Waals surface area contributed by atoms with Gasteiger partial charge in [-0.2, -0.15) is 0 Å². The zero-order valence-electron chi connectivity index (χ0n) is 16.4. The van der Waals surface area contributed by atoms with Gasteiger partial charge in [-0.05, 0) is 24.3 Å². The van der Waals surface area contributed by atoms with E-state index in [9.17, 15) is 14.0 Å². The summed E-state index contributed by atoms with van der Waals surface area (Å²) < 4.78 is 20.2. The molecule has 156 valence electrons. The third kappa shape index (κ3) is 4.60. The maximum atomic E-state index is 13.4. The molecule has 1 aromatic carbocycles. The van der Waals surface area contributed by atoms with Crippen LogP contribution < -0.4 is 15.0 Å². The first-order chi connectivity index (χ1) is 14.4. The minimum absolute atomic E-state index is 0.0404. The molecule has 0 saturated heterocycles. The standard InChI is InChI=1S/C21H20ClFN4O3/c1-26(14-3-4-17(23)16(22)11-14)9-10-27-8-6-15(19(27)13-28)21(29)25-18-12-24-7-5-20(18)30-2/h3-8,11-13H,9-10H2,1-2H3,(H,25,29). The SMILES string of the molecule is COc1ccncc1NC(=O)c1ccn(CCN(C)c2ccc(F)c(Cl)c2)c1C=O. The number of likely N-dealkylation sites (N-methyl/N-ethyl adjacent to an activating group) is 1.